The Balaban J connectivity index is 2.73. The summed E-state index contributed by atoms with van der Waals surface area (Å²) in [6.07, 6.45) is 1.03. The Morgan fingerprint density at radius 2 is 1.86 bits per heavy atom. The first-order valence-corrected chi connectivity index (χ1v) is 5.41. The van der Waals surface area contributed by atoms with Gasteiger partial charge in [0.1, 0.15) is 12.0 Å². The molecule has 1 rings (SSSR count). The van der Waals surface area contributed by atoms with Gasteiger partial charge in [0.2, 0.25) is 0 Å². The second kappa shape index (κ2) is 5.15. The SMILES string of the molecule is CC(C)Oc1ccc(C(Br)C=O)cc1. The molecule has 1 aromatic carbocycles. The maximum Gasteiger partial charge on any atom is 0.138 e. The fourth-order valence-corrected chi connectivity index (χ4v) is 1.39. The zero-order valence-electron chi connectivity index (χ0n) is 8.24. The molecule has 1 aromatic rings. The van der Waals surface area contributed by atoms with E-state index in [1.807, 2.05) is 38.1 Å². The Hall–Kier alpha value is -0.830. The average Bonchev–Trinajstić information content (AvgIpc) is 2.17. The summed E-state index contributed by atoms with van der Waals surface area (Å²) in [6.45, 7) is 3.96. The molecule has 0 aliphatic carbocycles. The Kier molecular flexibility index (Phi) is 4.14. The molecule has 0 bridgehead atoms. The van der Waals surface area contributed by atoms with E-state index >= 15 is 0 Å². The van der Waals surface area contributed by atoms with E-state index in [1.165, 1.54) is 0 Å². The number of carbonyl (C=O) groups is 1. The molecule has 76 valence electrons. The molecular formula is C11H13BrO2. The molecule has 2 nitrogen and oxygen atoms in total. The number of hydrogen-bond acceptors (Lipinski definition) is 2. The van der Waals surface area contributed by atoms with Gasteiger partial charge in [-0.1, -0.05) is 28.1 Å². The standard InChI is InChI=1S/C11H13BrO2/c1-8(2)14-10-5-3-9(4-6-10)11(12)7-13/h3-8,11H,1-2H3. The first kappa shape index (κ1) is 11.2. The molecule has 0 spiro atoms. The lowest BCUT2D eigenvalue weighted by Gasteiger charge is -2.10. The minimum Gasteiger partial charge on any atom is -0.491 e. The van der Waals surface area contributed by atoms with Crippen LogP contribution < -0.4 is 4.74 Å². The molecule has 0 aliphatic rings. The predicted molar refractivity (Wildman–Crippen MR) is 59.9 cm³/mol. The average molecular weight is 257 g/mol. The summed E-state index contributed by atoms with van der Waals surface area (Å²) < 4.78 is 5.48. The number of benzene rings is 1. The maximum absolute atomic E-state index is 10.5. The van der Waals surface area contributed by atoms with Crippen molar-refractivity contribution in [3.05, 3.63) is 29.8 Å². The van der Waals surface area contributed by atoms with Gasteiger partial charge in [-0.2, -0.15) is 0 Å². The van der Waals surface area contributed by atoms with Crippen LogP contribution in [0.15, 0.2) is 24.3 Å². The van der Waals surface area contributed by atoms with Crippen molar-refractivity contribution in [1.82, 2.24) is 0 Å². The van der Waals surface area contributed by atoms with Crippen molar-refractivity contribution in [3.63, 3.8) is 0 Å². The van der Waals surface area contributed by atoms with Gasteiger partial charge in [0.25, 0.3) is 0 Å². The van der Waals surface area contributed by atoms with Crippen LogP contribution in [0.3, 0.4) is 0 Å². The summed E-state index contributed by atoms with van der Waals surface area (Å²) in [5.41, 5.74) is 0.941. The van der Waals surface area contributed by atoms with Crippen LogP contribution in [0.2, 0.25) is 0 Å². The summed E-state index contributed by atoms with van der Waals surface area (Å²) in [5.74, 6) is 0.828. The summed E-state index contributed by atoms with van der Waals surface area (Å²) in [7, 11) is 0. The van der Waals surface area contributed by atoms with Crippen LogP contribution in [0, 0.1) is 0 Å². The topological polar surface area (TPSA) is 26.3 Å². The molecule has 0 radical (unpaired) electrons. The molecule has 1 unspecified atom stereocenters. The van der Waals surface area contributed by atoms with Crippen molar-refractivity contribution >= 4 is 22.2 Å². The van der Waals surface area contributed by atoms with Crippen LogP contribution in [0.1, 0.15) is 24.2 Å². The van der Waals surface area contributed by atoms with Crippen molar-refractivity contribution in [2.75, 3.05) is 0 Å². The Morgan fingerprint density at radius 1 is 1.29 bits per heavy atom. The highest BCUT2D eigenvalue weighted by molar-refractivity contribution is 9.09. The highest BCUT2D eigenvalue weighted by atomic mass is 79.9. The summed E-state index contributed by atoms with van der Waals surface area (Å²) in [5, 5.41) is 0. The van der Waals surface area contributed by atoms with Gasteiger partial charge < -0.3 is 9.53 Å². The lowest BCUT2D eigenvalue weighted by atomic mass is 10.1. The van der Waals surface area contributed by atoms with Crippen LogP contribution >= 0.6 is 15.9 Å². The quantitative estimate of drug-likeness (QED) is 0.612. The number of rotatable bonds is 4. The van der Waals surface area contributed by atoms with Gasteiger partial charge in [-0.15, -0.1) is 0 Å². The molecule has 0 saturated carbocycles. The first-order valence-electron chi connectivity index (χ1n) is 4.49. The number of alkyl halides is 1. The number of hydrogen-bond donors (Lipinski definition) is 0. The van der Waals surface area contributed by atoms with E-state index in [9.17, 15) is 4.79 Å². The van der Waals surface area contributed by atoms with Gasteiger partial charge in [0.05, 0.1) is 10.9 Å². The summed E-state index contributed by atoms with van der Waals surface area (Å²) >= 11 is 3.25. The van der Waals surface area contributed by atoms with Gasteiger partial charge in [0.15, 0.2) is 0 Å². The number of ether oxygens (including phenoxy) is 1. The third-order valence-corrected chi connectivity index (χ3v) is 2.43. The van der Waals surface area contributed by atoms with Gasteiger partial charge in [-0.3, -0.25) is 0 Å². The monoisotopic (exact) mass is 256 g/mol. The highest BCUT2D eigenvalue weighted by Crippen LogP contribution is 2.22. The van der Waals surface area contributed by atoms with E-state index in [1.54, 1.807) is 0 Å². The minimum atomic E-state index is -0.226. The van der Waals surface area contributed by atoms with E-state index < -0.39 is 0 Å². The smallest absolute Gasteiger partial charge is 0.138 e. The molecular weight excluding hydrogens is 244 g/mol. The van der Waals surface area contributed by atoms with E-state index in [-0.39, 0.29) is 10.9 Å². The Morgan fingerprint density at radius 3 is 2.29 bits per heavy atom. The largest absolute Gasteiger partial charge is 0.491 e. The van der Waals surface area contributed by atoms with Gasteiger partial charge in [-0.25, -0.2) is 0 Å². The van der Waals surface area contributed by atoms with Gasteiger partial charge in [-0.05, 0) is 31.5 Å². The second-order valence-electron chi connectivity index (χ2n) is 3.27. The van der Waals surface area contributed by atoms with Crippen molar-refractivity contribution in [2.45, 2.75) is 24.8 Å². The Bertz CT molecular complexity index is 293. The molecule has 0 aliphatic heterocycles. The number of carbonyl (C=O) groups excluding carboxylic acids is 1. The molecule has 3 heteroatoms. The molecule has 0 N–H and O–H groups in total. The van der Waals surface area contributed by atoms with E-state index in [0.29, 0.717) is 0 Å². The number of halogens is 1. The molecule has 0 saturated heterocycles. The Labute approximate surface area is 92.4 Å². The summed E-state index contributed by atoms with van der Waals surface area (Å²) in [6, 6.07) is 7.50. The van der Waals surface area contributed by atoms with E-state index in [2.05, 4.69) is 15.9 Å². The third-order valence-electron chi connectivity index (χ3n) is 1.69. The fourth-order valence-electron chi connectivity index (χ4n) is 1.08. The minimum absolute atomic E-state index is 0.173. The lowest BCUT2D eigenvalue weighted by Crippen LogP contribution is -2.05. The molecule has 1 atom stereocenters. The van der Waals surface area contributed by atoms with Gasteiger partial charge in [0, 0.05) is 0 Å². The predicted octanol–water partition coefficient (Wildman–Crippen LogP) is 3.11. The van der Waals surface area contributed by atoms with E-state index in [0.717, 1.165) is 17.6 Å². The normalized spacial score (nSPS) is 12.6. The van der Waals surface area contributed by atoms with Crippen LogP contribution in [-0.4, -0.2) is 12.4 Å². The van der Waals surface area contributed by atoms with Crippen LogP contribution in [0.5, 0.6) is 5.75 Å². The molecule has 0 heterocycles. The van der Waals surface area contributed by atoms with Crippen LogP contribution in [-0.2, 0) is 4.79 Å². The summed E-state index contributed by atoms with van der Waals surface area (Å²) in [4.78, 5) is 10.3. The zero-order chi connectivity index (χ0) is 10.6. The molecule has 0 fully saturated rings. The molecule has 0 amide bonds. The molecule has 0 aromatic heterocycles. The molecule has 14 heavy (non-hydrogen) atoms. The van der Waals surface area contributed by atoms with Crippen molar-refractivity contribution in [1.29, 1.82) is 0 Å². The maximum atomic E-state index is 10.5. The number of aldehydes is 1. The van der Waals surface area contributed by atoms with Crippen molar-refractivity contribution in [3.8, 4) is 5.75 Å². The van der Waals surface area contributed by atoms with Crippen LogP contribution in [0.4, 0.5) is 0 Å². The van der Waals surface area contributed by atoms with Crippen molar-refractivity contribution in [2.24, 2.45) is 0 Å². The fraction of sp³-hybridized carbons (Fsp3) is 0.364. The second-order valence-corrected chi connectivity index (χ2v) is 4.26. The van der Waals surface area contributed by atoms with Crippen molar-refractivity contribution < 1.29 is 9.53 Å². The van der Waals surface area contributed by atoms with E-state index in [4.69, 9.17) is 4.74 Å². The zero-order valence-corrected chi connectivity index (χ0v) is 9.82. The van der Waals surface area contributed by atoms with Gasteiger partial charge >= 0.3 is 0 Å². The van der Waals surface area contributed by atoms with Crippen LogP contribution in [0.25, 0.3) is 0 Å². The third kappa shape index (κ3) is 3.14. The first-order chi connectivity index (χ1) is 6.63. The highest BCUT2D eigenvalue weighted by Gasteiger charge is 2.05. The lowest BCUT2D eigenvalue weighted by molar-refractivity contribution is -0.107.